The largest absolute Gasteiger partial charge is 0.350 e. The van der Waals surface area contributed by atoms with Crippen molar-refractivity contribution in [1.29, 1.82) is 0 Å². The van der Waals surface area contributed by atoms with E-state index in [0.717, 1.165) is 12.1 Å². The van der Waals surface area contributed by atoms with Crippen LogP contribution < -0.4 is 10.6 Å². The molecule has 2 N–H and O–H groups in total. The Kier molecular flexibility index (Phi) is 10.5. The molecule has 0 spiro atoms. The summed E-state index contributed by atoms with van der Waals surface area (Å²) in [4.78, 5) is 16.1. The van der Waals surface area contributed by atoms with Crippen molar-refractivity contribution in [3.05, 3.63) is 24.5 Å². The van der Waals surface area contributed by atoms with E-state index in [1.807, 2.05) is 31.6 Å². The number of nitrogens with one attached hydrogen (secondary N) is 2. The molecule has 1 rings (SSSR count). The highest BCUT2D eigenvalue weighted by Crippen LogP contribution is 2.31. The van der Waals surface area contributed by atoms with Crippen LogP contribution in [0.3, 0.4) is 0 Å². The van der Waals surface area contributed by atoms with E-state index in [-0.39, 0.29) is 28.9 Å². The summed E-state index contributed by atoms with van der Waals surface area (Å²) < 4.78 is 30.1. The van der Waals surface area contributed by atoms with Crippen molar-refractivity contribution in [3.8, 4) is 0 Å². The van der Waals surface area contributed by atoms with E-state index in [1.165, 1.54) is 13.2 Å². The molecule has 1 aromatic heterocycles. The van der Waals surface area contributed by atoms with Gasteiger partial charge in [-0.05, 0) is 80.7 Å². The zero-order valence-electron chi connectivity index (χ0n) is 23.9. The van der Waals surface area contributed by atoms with Gasteiger partial charge >= 0.3 is 0 Å². The van der Waals surface area contributed by atoms with Crippen molar-refractivity contribution in [2.75, 3.05) is 7.11 Å². The second kappa shape index (κ2) is 11.7. The lowest BCUT2D eigenvalue weighted by atomic mass is 9.83. The number of aromatic nitrogens is 3. The molecule has 36 heavy (non-hydrogen) atoms. The molecule has 0 saturated carbocycles. The van der Waals surface area contributed by atoms with E-state index in [2.05, 4.69) is 71.4 Å². The number of nitrogens with zero attached hydrogens (tertiary/aromatic N) is 3. The lowest BCUT2D eigenvalue weighted by Gasteiger charge is -2.38. The zero-order chi connectivity index (χ0) is 28.2. The van der Waals surface area contributed by atoms with E-state index in [9.17, 15) is 13.2 Å². The minimum Gasteiger partial charge on any atom is -0.350 e. The summed E-state index contributed by atoms with van der Waals surface area (Å²) in [6.07, 6.45) is 4.99. The van der Waals surface area contributed by atoms with Gasteiger partial charge in [-0.25, -0.2) is 9.57 Å². The van der Waals surface area contributed by atoms with Gasteiger partial charge in [-0.1, -0.05) is 25.6 Å². The van der Waals surface area contributed by atoms with Crippen LogP contribution >= 0.6 is 0 Å². The van der Waals surface area contributed by atoms with Gasteiger partial charge in [0.1, 0.15) is 0 Å². The molecule has 0 saturated heterocycles. The number of amides is 1. The lowest BCUT2D eigenvalue weighted by molar-refractivity contribution is -0.174. The molecule has 2 atom stereocenters. The molecule has 1 aromatic rings. The van der Waals surface area contributed by atoms with Crippen LogP contribution in [0, 0.1) is 0 Å². The maximum absolute atomic E-state index is 12.4. The quantitative estimate of drug-likeness (QED) is 0.201. The summed E-state index contributed by atoms with van der Waals surface area (Å²) >= 11 is 0. The van der Waals surface area contributed by atoms with Crippen LogP contribution in [0.15, 0.2) is 18.9 Å². The van der Waals surface area contributed by atoms with Gasteiger partial charge in [-0.15, -0.1) is 9.43 Å². The van der Waals surface area contributed by atoms with E-state index in [4.69, 9.17) is 0 Å². The third kappa shape index (κ3) is 8.93. The second-order valence-corrected chi connectivity index (χ2v) is 14.5. The zero-order valence-corrected chi connectivity index (χ0v) is 24.7. The standard InChI is InChI=1S/C25H47N5O5S/c1-13-21(31)26-18(2)14-22(4,5)20-16-30(29-28-20)24(8,9)15-19(3)27-23(6,7)17-25(10,11)36(32,33)35-34-12/h13,16,18-19,27H,1,14-15,17H2,2-12H3,(H,26,31). The Morgan fingerprint density at radius 3 is 2.22 bits per heavy atom. The van der Waals surface area contributed by atoms with Crippen LogP contribution in [0.1, 0.15) is 94.2 Å². The summed E-state index contributed by atoms with van der Waals surface area (Å²) in [7, 11) is -2.72. The number of hydrogen-bond acceptors (Lipinski definition) is 8. The van der Waals surface area contributed by atoms with Gasteiger partial charge in [0.05, 0.1) is 23.1 Å². The third-order valence-electron chi connectivity index (χ3n) is 6.34. The SMILES string of the molecule is C=CC(=O)NC(C)CC(C)(C)c1cn(C(C)(C)CC(C)NC(C)(C)CC(C)(C)S(=O)(=O)OOC)nn1. The minimum absolute atomic E-state index is 0.0440. The predicted octanol–water partition coefficient (Wildman–Crippen LogP) is 3.59. The smallest absolute Gasteiger partial charge is 0.298 e. The Hall–Kier alpha value is -1.82. The Morgan fingerprint density at radius 2 is 1.69 bits per heavy atom. The molecule has 0 aliphatic rings. The molecule has 0 aromatic carbocycles. The molecular weight excluding hydrogens is 482 g/mol. The Bertz CT molecular complexity index is 998. The highest BCUT2D eigenvalue weighted by molar-refractivity contribution is 7.88. The summed E-state index contributed by atoms with van der Waals surface area (Å²) in [6.45, 7) is 23.1. The topological polar surface area (TPSA) is 124 Å². The van der Waals surface area contributed by atoms with Crippen LogP contribution in [0.5, 0.6) is 0 Å². The average Bonchev–Trinajstić information content (AvgIpc) is 3.17. The van der Waals surface area contributed by atoms with Gasteiger partial charge < -0.3 is 10.6 Å². The molecule has 0 bridgehead atoms. The van der Waals surface area contributed by atoms with Crippen LogP contribution in [0.4, 0.5) is 0 Å². The molecule has 1 heterocycles. The maximum atomic E-state index is 12.4. The molecule has 1 amide bonds. The summed E-state index contributed by atoms with van der Waals surface area (Å²) in [5.41, 5.74) is -0.297. The Morgan fingerprint density at radius 1 is 1.11 bits per heavy atom. The first kappa shape index (κ1) is 32.2. The second-order valence-electron chi connectivity index (χ2n) is 12.3. The Labute approximate surface area is 217 Å². The fourth-order valence-electron chi connectivity index (χ4n) is 5.04. The van der Waals surface area contributed by atoms with Gasteiger partial charge in [-0.3, -0.25) is 4.79 Å². The first-order valence-corrected chi connectivity index (χ1v) is 13.7. The molecule has 0 fully saturated rings. The first-order valence-electron chi connectivity index (χ1n) is 12.3. The van der Waals surface area contributed by atoms with Gasteiger partial charge in [0.2, 0.25) is 5.91 Å². The third-order valence-corrected chi connectivity index (χ3v) is 8.16. The van der Waals surface area contributed by atoms with Gasteiger partial charge in [0.15, 0.2) is 0 Å². The van der Waals surface area contributed by atoms with E-state index in [0.29, 0.717) is 12.8 Å². The number of carbonyl (C=O) groups is 1. The van der Waals surface area contributed by atoms with Gasteiger partial charge in [0, 0.05) is 29.2 Å². The van der Waals surface area contributed by atoms with Crippen molar-refractivity contribution in [1.82, 2.24) is 25.6 Å². The average molecular weight is 530 g/mol. The summed E-state index contributed by atoms with van der Waals surface area (Å²) in [5, 5.41) is 15.3. The molecular formula is C25H47N5O5S. The molecule has 0 radical (unpaired) electrons. The molecule has 2 unspecified atom stereocenters. The van der Waals surface area contributed by atoms with Crippen molar-refractivity contribution in [2.45, 2.75) is 122 Å². The fraction of sp³-hybridized carbons (Fsp3) is 0.800. The van der Waals surface area contributed by atoms with Gasteiger partial charge in [0.25, 0.3) is 10.1 Å². The highest BCUT2D eigenvalue weighted by atomic mass is 32.2. The van der Waals surface area contributed by atoms with E-state index in [1.54, 1.807) is 13.8 Å². The molecule has 10 nitrogen and oxygen atoms in total. The Balaban J connectivity index is 2.90. The predicted molar refractivity (Wildman–Crippen MR) is 142 cm³/mol. The molecule has 11 heteroatoms. The van der Waals surface area contributed by atoms with Crippen molar-refractivity contribution >= 4 is 16.0 Å². The monoisotopic (exact) mass is 529 g/mol. The first-order chi connectivity index (χ1) is 16.2. The number of hydrogen-bond donors (Lipinski definition) is 2. The maximum Gasteiger partial charge on any atom is 0.298 e. The minimum atomic E-state index is -3.90. The van der Waals surface area contributed by atoms with Crippen LogP contribution in [0.2, 0.25) is 0 Å². The molecule has 208 valence electrons. The van der Waals surface area contributed by atoms with Gasteiger partial charge in [-0.2, -0.15) is 8.42 Å². The molecule has 0 aliphatic heterocycles. The van der Waals surface area contributed by atoms with Crippen molar-refractivity contribution in [3.63, 3.8) is 0 Å². The summed E-state index contributed by atoms with van der Waals surface area (Å²) in [6, 6.07) is 0.00381. The number of carbonyl (C=O) groups excluding carboxylic acids is 1. The fourth-order valence-corrected chi connectivity index (χ4v) is 5.94. The van der Waals surface area contributed by atoms with E-state index >= 15 is 0 Å². The van der Waals surface area contributed by atoms with Crippen molar-refractivity contribution in [2.24, 2.45) is 0 Å². The normalized spacial score (nSPS) is 15.4. The number of rotatable bonds is 15. The van der Waals surface area contributed by atoms with Crippen LogP contribution in [-0.4, -0.2) is 58.8 Å². The van der Waals surface area contributed by atoms with E-state index < -0.39 is 20.4 Å². The highest BCUT2D eigenvalue weighted by Gasteiger charge is 2.42. The lowest BCUT2D eigenvalue weighted by Crippen LogP contribution is -2.52. The van der Waals surface area contributed by atoms with Crippen LogP contribution in [0.25, 0.3) is 0 Å². The van der Waals surface area contributed by atoms with Crippen LogP contribution in [-0.2, 0) is 35.1 Å². The van der Waals surface area contributed by atoms with Crippen molar-refractivity contribution < 1.29 is 22.4 Å². The summed E-state index contributed by atoms with van der Waals surface area (Å²) in [5.74, 6) is -0.195. The molecule has 0 aliphatic carbocycles.